The molecule has 1 unspecified atom stereocenters. The number of amides is 2. The Labute approximate surface area is 144 Å². The third kappa shape index (κ3) is 3.71. The predicted molar refractivity (Wildman–Crippen MR) is 89.2 cm³/mol. The first-order valence-electron chi connectivity index (χ1n) is 7.74. The molecule has 1 N–H and O–H groups in total. The molecule has 7 heteroatoms. The molecule has 0 saturated carbocycles. The van der Waals surface area contributed by atoms with Crippen molar-refractivity contribution >= 4 is 17.5 Å². The van der Waals surface area contributed by atoms with Crippen molar-refractivity contribution in [3.05, 3.63) is 54.3 Å². The Hall–Kier alpha value is -3.09. The fourth-order valence-electron chi connectivity index (χ4n) is 2.52. The number of benzene rings is 2. The largest absolute Gasteiger partial charge is 0.484 e. The summed E-state index contributed by atoms with van der Waals surface area (Å²) in [6.45, 7) is -0.150. The summed E-state index contributed by atoms with van der Waals surface area (Å²) in [5.41, 5.74) is 0.579. The van der Waals surface area contributed by atoms with Crippen LogP contribution in [0.4, 0.5) is 10.1 Å². The van der Waals surface area contributed by atoms with E-state index in [9.17, 15) is 14.0 Å². The van der Waals surface area contributed by atoms with Crippen LogP contribution in [-0.4, -0.2) is 38.1 Å². The van der Waals surface area contributed by atoms with Gasteiger partial charge in [-0.3, -0.25) is 9.59 Å². The van der Waals surface area contributed by atoms with E-state index in [1.807, 2.05) is 0 Å². The van der Waals surface area contributed by atoms with Gasteiger partial charge in [-0.1, -0.05) is 12.1 Å². The summed E-state index contributed by atoms with van der Waals surface area (Å²) < 4.78 is 24.0. The van der Waals surface area contributed by atoms with Gasteiger partial charge < -0.3 is 19.7 Å². The number of carbonyl (C=O) groups is 2. The average molecular weight is 344 g/mol. The molecule has 1 aliphatic rings. The van der Waals surface area contributed by atoms with Crippen molar-refractivity contribution in [2.75, 3.05) is 25.1 Å². The number of likely N-dealkylation sites (N-methyl/N-ethyl adjacent to an activating group) is 1. The van der Waals surface area contributed by atoms with Gasteiger partial charge in [0.15, 0.2) is 12.7 Å². The van der Waals surface area contributed by atoms with E-state index in [0.29, 0.717) is 17.2 Å². The molecule has 0 fully saturated rings. The smallest absolute Gasteiger partial charge is 0.265 e. The molecular formula is C18H17FN2O4. The van der Waals surface area contributed by atoms with Crippen molar-refractivity contribution in [2.45, 2.75) is 6.10 Å². The highest BCUT2D eigenvalue weighted by Gasteiger charge is 2.33. The zero-order chi connectivity index (χ0) is 17.8. The molecular weight excluding hydrogens is 327 g/mol. The van der Waals surface area contributed by atoms with Crippen LogP contribution in [0, 0.1) is 5.82 Å². The van der Waals surface area contributed by atoms with Crippen molar-refractivity contribution < 1.29 is 23.5 Å². The van der Waals surface area contributed by atoms with E-state index in [-0.39, 0.29) is 30.8 Å². The molecule has 0 bridgehead atoms. The van der Waals surface area contributed by atoms with Gasteiger partial charge in [-0.15, -0.1) is 0 Å². The summed E-state index contributed by atoms with van der Waals surface area (Å²) in [6, 6.07) is 12.4. The van der Waals surface area contributed by atoms with Crippen LogP contribution in [0.1, 0.15) is 0 Å². The lowest BCUT2D eigenvalue weighted by atomic mass is 10.1. The van der Waals surface area contributed by atoms with E-state index in [1.54, 1.807) is 24.3 Å². The van der Waals surface area contributed by atoms with E-state index >= 15 is 0 Å². The van der Waals surface area contributed by atoms with Gasteiger partial charge in [-0.2, -0.15) is 0 Å². The van der Waals surface area contributed by atoms with Crippen LogP contribution in [0.2, 0.25) is 0 Å². The van der Waals surface area contributed by atoms with Gasteiger partial charge >= 0.3 is 0 Å². The van der Waals surface area contributed by atoms with Crippen molar-refractivity contribution in [3.63, 3.8) is 0 Å². The first kappa shape index (κ1) is 16.8. The quantitative estimate of drug-likeness (QED) is 0.917. The van der Waals surface area contributed by atoms with Gasteiger partial charge in [-0.05, 0) is 36.4 Å². The Morgan fingerprint density at radius 2 is 1.96 bits per heavy atom. The Morgan fingerprint density at radius 1 is 1.24 bits per heavy atom. The number of hydrogen-bond acceptors (Lipinski definition) is 4. The standard InChI is InChI=1S/C18H17FN2O4/c1-20-18(23)16-10-21(14-4-2-3-5-15(14)25-16)17(22)11-24-13-8-6-12(19)7-9-13/h2-9,16H,10-11H2,1H3,(H,20,23). The number of para-hydroxylation sites is 2. The summed E-state index contributed by atoms with van der Waals surface area (Å²) in [6.07, 6.45) is -0.797. The lowest BCUT2D eigenvalue weighted by Gasteiger charge is -2.33. The zero-order valence-electron chi connectivity index (χ0n) is 13.6. The van der Waals surface area contributed by atoms with Gasteiger partial charge in [0.05, 0.1) is 12.2 Å². The summed E-state index contributed by atoms with van der Waals surface area (Å²) in [5.74, 6) is -0.174. The number of carbonyl (C=O) groups excluding carboxylic acids is 2. The van der Waals surface area contributed by atoms with E-state index in [4.69, 9.17) is 9.47 Å². The normalized spacial score (nSPS) is 15.8. The summed E-state index contributed by atoms with van der Waals surface area (Å²) in [4.78, 5) is 26.0. The molecule has 2 aromatic carbocycles. The Bertz CT molecular complexity index is 779. The van der Waals surface area contributed by atoms with Gasteiger partial charge in [0, 0.05) is 7.05 Å². The number of rotatable bonds is 4. The van der Waals surface area contributed by atoms with Gasteiger partial charge in [0.2, 0.25) is 0 Å². The Balaban J connectivity index is 1.75. The van der Waals surface area contributed by atoms with Crippen LogP contribution in [0.15, 0.2) is 48.5 Å². The minimum absolute atomic E-state index is 0.0856. The number of fused-ring (bicyclic) bond motifs is 1. The van der Waals surface area contributed by atoms with Crippen LogP contribution >= 0.6 is 0 Å². The molecule has 3 rings (SSSR count). The van der Waals surface area contributed by atoms with E-state index in [2.05, 4.69) is 5.32 Å². The van der Waals surface area contributed by atoms with E-state index in [0.717, 1.165) is 0 Å². The number of nitrogens with one attached hydrogen (secondary N) is 1. The number of nitrogens with zero attached hydrogens (tertiary/aromatic N) is 1. The molecule has 1 heterocycles. The number of anilines is 1. The Kier molecular flexibility index (Phi) is 4.83. The second-order valence-electron chi connectivity index (χ2n) is 5.44. The molecule has 1 atom stereocenters. The number of hydrogen-bond donors (Lipinski definition) is 1. The van der Waals surface area contributed by atoms with Gasteiger partial charge in [0.1, 0.15) is 17.3 Å². The molecule has 0 spiro atoms. The maximum Gasteiger partial charge on any atom is 0.265 e. The monoisotopic (exact) mass is 344 g/mol. The zero-order valence-corrected chi connectivity index (χ0v) is 13.6. The second-order valence-corrected chi connectivity index (χ2v) is 5.44. The fourth-order valence-corrected chi connectivity index (χ4v) is 2.52. The SMILES string of the molecule is CNC(=O)C1CN(C(=O)COc2ccc(F)cc2)c2ccccc2O1. The highest BCUT2D eigenvalue weighted by atomic mass is 19.1. The van der Waals surface area contributed by atoms with Crippen LogP contribution in [0.25, 0.3) is 0 Å². The number of ether oxygens (including phenoxy) is 2. The van der Waals surface area contributed by atoms with Crippen LogP contribution in [0.5, 0.6) is 11.5 Å². The third-order valence-corrected chi connectivity index (χ3v) is 3.79. The topological polar surface area (TPSA) is 67.9 Å². The van der Waals surface area contributed by atoms with Crippen LogP contribution < -0.4 is 19.7 Å². The third-order valence-electron chi connectivity index (χ3n) is 3.79. The molecule has 2 aromatic rings. The van der Waals surface area contributed by atoms with Crippen molar-refractivity contribution in [1.82, 2.24) is 5.32 Å². The van der Waals surface area contributed by atoms with Crippen molar-refractivity contribution in [3.8, 4) is 11.5 Å². The van der Waals surface area contributed by atoms with Crippen LogP contribution in [0.3, 0.4) is 0 Å². The predicted octanol–water partition coefficient (Wildman–Crippen LogP) is 1.74. The van der Waals surface area contributed by atoms with E-state index < -0.39 is 6.10 Å². The fraction of sp³-hybridized carbons (Fsp3) is 0.222. The lowest BCUT2D eigenvalue weighted by Crippen LogP contribution is -2.51. The molecule has 1 aliphatic heterocycles. The Morgan fingerprint density at radius 3 is 2.68 bits per heavy atom. The molecule has 0 saturated heterocycles. The minimum Gasteiger partial charge on any atom is -0.484 e. The molecule has 2 amide bonds. The molecule has 6 nitrogen and oxygen atoms in total. The summed E-state index contributed by atoms with van der Waals surface area (Å²) in [7, 11) is 1.51. The van der Waals surface area contributed by atoms with Crippen molar-refractivity contribution in [1.29, 1.82) is 0 Å². The molecule has 0 radical (unpaired) electrons. The maximum atomic E-state index is 12.9. The molecule has 25 heavy (non-hydrogen) atoms. The highest BCUT2D eigenvalue weighted by molar-refractivity contribution is 5.98. The van der Waals surface area contributed by atoms with Crippen LogP contribution in [-0.2, 0) is 9.59 Å². The van der Waals surface area contributed by atoms with Gasteiger partial charge in [0.25, 0.3) is 11.8 Å². The lowest BCUT2D eigenvalue weighted by molar-refractivity contribution is -0.128. The van der Waals surface area contributed by atoms with Crippen molar-refractivity contribution in [2.24, 2.45) is 0 Å². The van der Waals surface area contributed by atoms with E-state index in [1.165, 1.54) is 36.2 Å². The molecule has 0 aliphatic carbocycles. The number of halogens is 1. The molecule has 130 valence electrons. The first-order valence-corrected chi connectivity index (χ1v) is 7.74. The maximum absolute atomic E-state index is 12.9. The first-order chi connectivity index (χ1) is 12.1. The highest BCUT2D eigenvalue weighted by Crippen LogP contribution is 2.33. The summed E-state index contributed by atoms with van der Waals surface area (Å²) in [5, 5.41) is 2.52. The average Bonchev–Trinajstić information content (AvgIpc) is 2.65. The second kappa shape index (κ2) is 7.21. The summed E-state index contributed by atoms with van der Waals surface area (Å²) >= 11 is 0. The molecule has 0 aromatic heterocycles. The minimum atomic E-state index is -0.797. The van der Waals surface area contributed by atoms with Gasteiger partial charge in [-0.25, -0.2) is 4.39 Å².